The number of nitrogens with zero attached hydrogens (tertiary/aromatic N) is 18. The van der Waals surface area contributed by atoms with Crippen molar-refractivity contribution in [1.29, 1.82) is 0 Å². The maximum Gasteiger partial charge on any atom is 0.318 e. The van der Waals surface area contributed by atoms with Gasteiger partial charge in [0, 0.05) is 122 Å². The summed E-state index contributed by atoms with van der Waals surface area (Å²) < 4.78 is 115. The van der Waals surface area contributed by atoms with Gasteiger partial charge in [0.2, 0.25) is 29.5 Å². The molecule has 662 valence electrons. The van der Waals surface area contributed by atoms with Gasteiger partial charge >= 0.3 is 6.01 Å². The Labute approximate surface area is 742 Å². The van der Waals surface area contributed by atoms with Gasteiger partial charge in [0.05, 0.1) is 76.7 Å². The van der Waals surface area contributed by atoms with Crippen molar-refractivity contribution in [2.45, 2.75) is 139 Å². The van der Waals surface area contributed by atoms with Gasteiger partial charge in [0.15, 0.2) is 11.8 Å². The molecule has 1 fully saturated rings. The molecular weight excluding hydrogens is 1680 g/mol. The number of amides is 4. The van der Waals surface area contributed by atoms with Gasteiger partial charge < -0.3 is 37.8 Å². The Balaban J connectivity index is 0.000000126. The second-order valence-electron chi connectivity index (χ2n) is 31.5. The second kappa shape index (κ2) is 39.3. The highest BCUT2D eigenvalue weighted by molar-refractivity contribution is 7.11. The quantitative estimate of drug-likeness (QED) is 0.0605. The lowest BCUT2D eigenvalue weighted by atomic mass is 10.1. The number of anilines is 1. The van der Waals surface area contributed by atoms with E-state index in [-0.39, 0.29) is 72.3 Å². The number of carbonyl (C=O) groups is 4. The molecule has 15 aromatic rings. The maximum atomic E-state index is 13.6. The van der Waals surface area contributed by atoms with Crippen LogP contribution in [0.2, 0.25) is 0 Å². The summed E-state index contributed by atoms with van der Waals surface area (Å²) in [5, 5.41) is 27.6. The van der Waals surface area contributed by atoms with E-state index >= 15 is 0 Å². The summed E-state index contributed by atoms with van der Waals surface area (Å²) in [6.45, 7) is 17.0. The standard InChI is InChI=1S/C26H24F2N4OS.C25H24F2N6O2.C24H20F2N4O2.C21H23FN4O2/c1-17-29-21-11-13-31(14-12-24(21)34-17)25(33)16-32-23(19-5-3-2-4-6-19)15-22(30-32)18-7-9-20(10-8-18)26(27)28;1-17-28-29-25(35-17)32-13-11-31(12-14-32)23(34)16-33-22(19-5-3-2-4-6-19)15-21(30-33)18-7-9-20(10-8-18)24(26)27;1-15-27-20-12-29(13-22(20)32-15)23(31)14-30-21(17-5-3-2-4-6-17)11-19(28-30)16-7-9-18(10-8-16)24(25)26;1-4-15-9-17(14-6-7-16(22)13(3)8-14)24-26(15)12-21(27)25-10-18-19(11-25)28-20(5-2)23-18/h2-10,15,26H,11-14,16H2,1H3;2-10,15,24H,11-14,16H2,1H3;2-11,24H,12-14H2,1H3;6-9H,4-5,10-12H2,1-3H3. The van der Waals surface area contributed by atoms with Crippen LogP contribution in [0.4, 0.5) is 36.7 Å². The van der Waals surface area contributed by atoms with Crippen LogP contribution >= 0.6 is 11.3 Å². The van der Waals surface area contributed by atoms with Crippen LogP contribution in [0.3, 0.4) is 0 Å². The molecule has 0 atom stereocenters. The number of piperazine rings is 1. The van der Waals surface area contributed by atoms with Crippen molar-refractivity contribution in [1.82, 2.24) is 83.9 Å². The van der Waals surface area contributed by atoms with Crippen molar-refractivity contribution in [3.63, 3.8) is 0 Å². The number of carbonyl (C=O) groups excluding carboxylic acids is 4. The summed E-state index contributed by atoms with van der Waals surface area (Å²) in [5.41, 5.74) is 14.9. The van der Waals surface area contributed by atoms with Crippen LogP contribution in [0.1, 0.15) is 117 Å². The summed E-state index contributed by atoms with van der Waals surface area (Å²) in [6.07, 6.45) is -4.48. The number of aromatic nitrogens is 13. The average molecular weight is 1770 g/mol. The molecule has 25 nitrogen and oxygen atoms in total. The van der Waals surface area contributed by atoms with E-state index in [0.717, 1.165) is 121 Å². The summed E-state index contributed by atoms with van der Waals surface area (Å²) in [5.74, 6) is 2.92. The molecule has 4 aliphatic rings. The van der Waals surface area contributed by atoms with E-state index in [4.69, 9.17) is 18.4 Å². The molecule has 0 N–H and O–H groups in total. The van der Waals surface area contributed by atoms with E-state index in [1.54, 1.807) is 114 Å². The van der Waals surface area contributed by atoms with Crippen LogP contribution in [0, 0.1) is 33.5 Å². The molecule has 12 heterocycles. The van der Waals surface area contributed by atoms with E-state index in [0.29, 0.717) is 117 Å². The third kappa shape index (κ3) is 20.7. The Morgan fingerprint density at radius 2 is 0.806 bits per heavy atom. The molecule has 0 spiro atoms. The Morgan fingerprint density at radius 3 is 1.23 bits per heavy atom. The van der Waals surface area contributed by atoms with E-state index in [2.05, 4.69) is 40.4 Å². The number of rotatable bonds is 21. The molecule has 7 aromatic carbocycles. The van der Waals surface area contributed by atoms with Crippen LogP contribution in [-0.2, 0) is 97.2 Å². The van der Waals surface area contributed by atoms with Gasteiger partial charge in [-0.1, -0.05) is 183 Å². The van der Waals surface area contributed by atoms with E-state index in [1.807, 2.05) is 146 Å². The minimum Gasteiger partial charge on any atom is -0.444 e. The van der Waals surface area contributed by atoms with Crippen molar-refractivity contribution in [3.05, 3.63) is 296 Å². The fraction of sp³-hybridized carbons (Fsp3) is 0.281. The summed E-state index contributed by atoms with van der Waals surface area (Å²) in [4.78, 5) is 76.0. The monoisotopic (exact) mass is 1770 g/mol. The van der Waals surface area contributed by atoms with Gasteiger partial charge in [-0.25, -0.2) is 45.7 Å². The first-order chi connectivity index (χ1) is 62.4. The van der Waals surface area contributed by atoms with Crippen molar-refractivity contribution in [3.8, 4) is 78.8 Å². The number of alkyl halides is 6. The molecule has 0 radical (unpaired) electrons. The molecule has 0 bridgehead atoms. The summed E-state index contributed by atoms with van der Waals surface area (Å²) in [6, 6.07) is 60.3. The van der Waals surface area contributed by atoms with Gasteiger partial charge in [0.25, 0.3) is 19.3 Å². The van der Waals surface area contributed by atoms with E-state index in [1.165, 1.54) is 47.3 Å². The molecule has 0 unspecified atom stereocenters. The average Bonchev–Trinajstić information content (AvgIpc) is 1.65. The summed E-state index contributed by atoms with van der Waals surface area (Å²) >= 11 is 1.71. The first-order valence-electron chi connectivity index (χ1n) is 42.3. The third-order valence-electron chi connectivity index (χ3n) is 22.7. The highest BCUT2D eigenvalue weighted by atomic mass is 32.1. The van der Waals surface area contributed by atoms with Crippen molar-refractivity contribution in [2.24, 2.45) is 0 Å². The zero-order valence-corrected chi connectivity index (χ0v) is 72.4. The maximum absolute atomic E-state index is 13.6. The predicted octanol–water partition coefficient (Wildman–Crippen LogP) is 18.4. The lowest BCUT2D eigenvalue weighted by molar-refractivity contribution is -0.133. The molecule has 33 heteroatoms. The molecule has 1 saturated heterocycles. The number of thiazole rings is 1. The van der Waals surface area contributed by atoms with Gasteiger partial charge in [-0.05, 0) is 85.0 Å². The fourth-order valence-electron chi connectivity index (χ4n) is 15.8. The first kappa shape index (κ1) is 88.2. The first-order valence-corrected chi connectivity index (χ1v) is 43.2. The van der Waals surface area contributed by atoms with Gasteiger partial charge in [0.1, 0.15) is 54.9 Å². The highest BCUT2D eigenvalue weighted by Crippen LogP contribution is 2.36. The van der Waals surface area contributed by atoms with Crippen LogP contribution in [0.25, 0.3) is 78.8 Å². The number of hydrogen-bond acceptors (Lipinski definition) is 18. The van der Waals surface area contributed by atoms with Crippen LogP contribution < -0.4 is 4.90 Å². The Bertz CT molecular complexity index is 6370. The Hall–Kier alpha value is -14.2. The van der Waals surface area contributed by atoms with E-state index in [9.17, 15) is 49.9 Å². The minimum absolute atomic E-state index is 0.00625. The highest BCUT2D eigenvalue weighted by Gasteiger charge is 2.33. The Kier molecular flexibility index (Phi) is 26.9. The van der Waals surface area contributed by atoms with Crippen molar-refractivity contribution < 1.29 is 63.2 Å². The van der Waals surface area contributed by atoms with E-state index < -0.39 is 19.3 Å². The Morgan fingerprint density at radius 1 is 0.388 bits per heavy atom. The summed E-state index contributed by atoms with van der Waals surface area (Å²) in [7, 11) is 0. The molecular formula is C96H91F7N18O7S. The van der Waals surface area contributed by atoms with Crippen LogP contribution in [0.15, 0.2) is 220 Å². The number of oxazole rings is 2. The topological polar surface area (TPSA) is 260 Å². The van der Waals surface area contributed by atoms with Gasteiger partial charge in [-0.15, -0.1) is 16.4 Å². The van der Waals surface area contributed by atoms with Crippen molar-refractivity contribution >= 4 is 41.0 Å². The van der Waals surface area contributed by atoms with Gasteiger partial charge in [-0.2, -0.15) is 20.4 Å². The molecule has 4 amide bonds. The SMILES string of the molecule is CCc1nc2c(o1)CN(C(=O)Cn1nc(-c3ccc(F)c(C)c3)cc1CC)C2.Cc1nc2c(o1)CN(C(=O)Cn1nc(-c3ccc(C(F)F)cc3)cc1-c1ccccc1)C2.Cc1nc2c(s1)CCN(C(=O)Cn1nc(-c3ccc(C(F)F)cc3)cc1-c1ccccc1)CC2.Cc1nnc(N2CCN(C(=O)Cn3nc(-c4ccc(C(F)F)cc4)cc3-c3ccccc3)CC2)o1. The minimum atomic E-state index is -2.52. The van der Waals surface area contributed by atoms with Crippen LogP contribution in [-0.4, -0.2) is 147 Å². The van der Waals surface area contributed by atoms with Crippen LogP contribution in [0.5, 0.6) is 0 Å². The third-order valence-corrected chi connectivity index (χ3v) is 23.8. The predicted molar refractivity (Wildman–Crippen MR) is 470 cm³/mol. The normalized spacial score (nSPS) is 13.5. The number of halogens is 7. The lowest BCUT2D eigenvalue weighted by Gasteiger charge is -2.33. The number of aryl methyl sites for hydroxylation is 6. The number of fused-ring (bicyclic) bond motifs is 3. The zero-order valence-electron chi connectivity index (χ0n) is 71.6. The molecule has 4 aliphatic heterocycles. The lowest BCUT2D eigenvalue weighted by Crippen LogP contribution is -2.49. The second-order valence-corrected chi connectivity index (χ2v) is 32.8. The zero-order chi connectivity index (χ0) is 90.1. The molecule has 8 aromatic heterocycles. The van der Waals surface area contributed by atoms with Gasteiger partial charge in [-0.3, -0.25) is 37.9 Å². The molecule has 129 heavy (non-hydrogen) atoms. The number of benzene rings is 7. The largest absolute Gasteiger partial charge is 0.444 e. The smallest absolute Gasteiger partial charge is 0.318 e. The van der Waals surface area contributed by atoms with Crippen molar-refractivity contribution in [2.75, 3.05) is 44.2 Å². The fourth-order valence-corrected chi connectivity index (χ4v) is 16.7. The number of hydrogen-bond donors (Lipinski definition) is 0. The molecule has 0 aliphatic carbocycles. The molecule has 19 rings (SSSR count). The molecule has 0 saturated carbocycles.